The van der Waals surface area contributed by atoms with Crippen molar-refractivity contribution in [3.63, 3.8) is 0 Å². The van der Waals surface area contributed by atoms with E-state index in [0.717, 1.165) is 21.3 Å². The summed E-state index contributed by atoms with van der Waals surface area (Å²) in [5.41, 5.74) is 2.93. The lowest BCUT2D eigenvalue weighted by Crippen LogP contribution is -2.02. The van der Waals surface area contributed by atoms with Crippen LogP contribution in [0.1, 0.15) is 22.9 Å². The molecule has 1 unspecified atom stereocenters. The maximum Gasteiger partial charge on any atom is 0.0845 e. The lowest BCUT2D eigenvalue weighted by atomic mass is 10.0. The summed E-state index contributed by atoms with van der Waals surface area (Å²) in [4.78, 5) is 4.19. The number of nitrogens with zero attached hydrogens (tertiary/aromatic N) is 1. The van der Waals surface area contributed by atoms with Gasteiger partial charge in [0.25, 0.3) is 0 Å². The number of halogens is 1. The second kappa shape index (κ2) is 5.43. The molecular formula is C14H14BrNO. The van der Waals surface area contributed by atoms with E-state index in [1.165, 1.54) is 0 Å². The molecular weight excluding hydrogens is 278 g/mol. The zero-order valence-corrected chi connectivity index (χ0v) is 11.2. The fraction of sp³-hybridized carbons (Fsp3) is 0.214. The van der Waals surface area contributed by atoms with E-state index in [2.05, 4.69) is 20.9 Å². The third-order valence-electron chi connectivity index (χ3n) is 2.66. The van der Waals surface area contributed by atoms with Gasteiger partial charge in [0.1, 0.15) is 0 Å². The highest BCUT2D eigenvalue weighted by Crippen LogP contribution is 2.19. The molecule has 2 aromatic rings. The van der Waals surface area contributed by atoms with Crippen molar-refractivity contribution in [1.82, 2.24) is 4.98 Å². The predicted octanol–water partition coefficient (Wildman–Crippen LogP) is 3.43. The van der Waals surface area contributed by atoms with Crippen molar-refractivity contribution in [3.8, 4) is 0 Å². The first-order valence-corrected chi connectivity index (χ1v) is 6.29. The van der Waals surface area contributed by atoms with Gasteiger partial charge in [-0.3, -0.25) is 4.98 Å². The second-order valence-electron chi connectivity index (χ2n) is 4.08. The van der Waals surface area contributed by atoms with Crippen LogP contribution < -0.4 is 0 Å². The van der Waals surface area contributed by atoms with Crippen molar-refractivity contribution in [1.29, 1.82) is 0 Å². The van der Waals surface area contributed by atoms with Crippen LogP contribution >= 0.6 is 15.9 Å². The molecule has 17 heavy (non-hydrogen) atoms. The number of rotatable bonds is 3. The van der Waals surface area contributed by atoms with Gasteiger partial charge in [0, 0.05) is 22.8 Å². The third kappa shape index (κ3) is 3.38. The maximum absolute atomic E-state index is 10.1. The van der Waals surface area contributed by atoms with Gasteiger partial charge in [0.2, 0.25) is 0 Å². The number of benzene rings is 1. The molecule has 0 aliphatic rings. The van der Waals surface area contributed by atoms with Crippen molar-refractivity contribution < 1.29 is 5.11 Å². The summed E-state index contributed by atoms with van der Waals surface area (Å²) < 4.78 is 1.05. The molecule has 2 nitrogen and oxygen atoms in total. The minimum absolute atomic E-state index is 0.496. The molecule has 0 aliphatic carbocycles. The summed E-state index contributed by atoms with van der Waals surface area (Å²) >= 11 is 3.39. The molecule has 88 valence electrons. The van der Waals surface area contributed by atoms with Gasteiger partial charge in [-0.2, -0.15) is 0 Å². The number of aliphatic hydroxyl groups excluding tert-OH is 1. The van der Waals surface area contributed by atoms with Crippen molar-refractivity contribution in [2.75, 3.05) is 0 Å². The molecule has 0 bridgehead atoms. The molecule has 2 rings (SSSR count). The van der Waals surface area contributed by atoms with Crippen LogP contribution in [0.15, 0.2) is 47.1 Å². The van der Waals surface area contributed by atoms with E-state index in [-0.39, 0.29) is 0 Å². The van der Waals surface area contributed by atoms with E-state index in [1.807, 2.05) is 43.3 Å². The molecule has 0 saturated heterocycles. The molecule has 1 N–H and O–H groups in total. The summed E-state index contributed by atoms with van der Waals surface area (Å²) in [6.07, 6.45) is 1.85. The molecule has 1 aromatic carbocycles. The lowest BCUT2D eigenvalue weighted by molar-refractivity contribution is 0.178. The summed E-state index contributed by atoms with van der Waals surface area (Å²) in [5, 5.41) is 10.1. The third-order valence-corrected chi connectivity index (χ3v) is 3.19. The van der Waals surface area contributed by atoms with E-state index in [0.29, 0.717) is 6.42 Å². The average Bonchev–Trinajstić information content (AvgIpc) is 2.33. The maximum atomic E-state index is 10.1. The Kier molecular flexibility index (Phi) is 3.92. The Bertz CT molecular complexity index is 479. The molecule has 1 atom stereocenters. The molecule has 1 aromatic heterocycles. The fourth-order valence-corrected chi connectivity index (χ4v) is 1.90. The Morgan fingerprint density at radius 1 is 1.18 bits per heavy atom. The minimum Gasteiger partial charge on any atom is -0.388 e. The zero-order valence-electron chi connectivity index (χ0n) is 9.60. The number of aromatic nitrogens is 1. The van der Waals surface area contributed by atoms with E-state index in [9.17, 15) is 5.11 Å². The van der Waals surface area contributed by atoms with E-state index in [4.69, 9.17) is 0 Å². The Hall–Kier alpha value is -1.19. The zero-order chi connectivity index (χ0) is 12.3. The Morgan fingerprint density at radius 3 is 2.47 bits per heavy atom. The molecule has 0 aliphatic heterocycles. The highest BCUT2D eigenvalue weighted by molar-refractivity contribution is 9.10. The number of aliphatic hydroxyl groups is 1. The Balaban J connectivity index is 2.08. The van der Waals surface area contributed by atoms with Crippen molar-refractivity contribution >= 4 is 15.9 Å². The van der Waals surface area contributed by atoms with Crippen LogP contribution in [-0.4, -0.2) is 10.1 Å². The SMILES string of the molecule is Cc1ccc(C(O)Cc2ccc(Br)cc2)cn1. The molecule has 0 spiro atoms. The average molecular weight is 292 g/mol. The second-order valence-corrected chi connectivity index (χ2v) is 4.99. The van der Waals surface area contributed by atoms with Gasteiger partial charge < -0.3 is 5.11 Å². The van der Waals surface area contributed by atoms with Crippen molar-refractivity contribution in [2.45, 2.75) is 19.4 Å². The van der Waals surface area contributed by atoms with Gasteiger partial charge in [-0.25, -0.2) is 0 Å². The Labute approximate surface area is 109 Å². The van der Waals surface area contributed by atoms with Crippen LogP contribution in [0.3, 0.4) is 0 Å². The van der Waals surface area contributed by atoms with E-state index < -0.39 is 6.10 Å². The van der Waals surface area contributed by atoms with Crippen molar-refractivity contribution in [3.05, 3.63) is 63.9 Å². The quantitative estimate of drug-likeness (QED) is 0.940. The van der Waals surface area contributed by atoms with Gasteiger partial charge >= 0.3 is 0 Å². The van der Waals surface area contributed by atoms with Crippen LogP contribution in [0.4, 0.5) is 0 Å². The summed E-state index contributed by atoms with van der Waals surface area (Å²) in [6, 6.07) is 11.8. The Morgan fingerprint density at radius 2 is 1.88 bits per heavy atom. The normalized spacial score (nSPS) is 12.4. The van der Waals surface area contributed by atoms with Gasteiger partial charge in [0.15, 0.2) is 0 Å². The van der Waals surface area contributed by atoms with Gasteiger partial charge in [-0.1, -0.05) is 34.1 Å². The largest absolute Gasteiger partial charge is 0.388 e. The van der Waals surface area contributed by atoms with E-state index in [1.54, 1.807) is 6.20 Å². The van der Waals surface area contributed by atoms with Gasteiger partial charge in [-0.15, -0.1) is 0 Å². The highest BCUT2D eigenvalue weighted by Gasteiger charge is 2.08. The van der Waals surface area contributed by atoms with Crippen LogP contribution in [0, 0.1) is 6.92 Å². The smallest absolute Gasteiger partial charge is 0.0845 e. The van der Waals surface area contributed by atoms with Gasteiger partial charge in [0.05, 0.1) is 6.10 Å². The number of pyridine rings is 1. The summed E-state index contributed by atoms with van der Waals surface area (Å²) in [6.45, 7) is 1.94. The minimum atomic E-state index is -0.496. The number of hydrogen-bond acceptors (Lipinski definition) is 2. The molecule has 3 heteroatoms. The molecule has 0 amide bonds. The number of aryl methyl sites for hydroxylation is 1. The number of hydrogen-bond donors (Lipinski definition) is 1. The summed E-state index contributed by atoms with van der Waals surface area (Å²) in [5.74, 6) is 0. The standard InChI is InChI=1S/C14H14BrNO/c1-10-2-5-12(9-16-10)14(17)8-11-3-6-13(15)7-4-11/h2-7,9,14,17H,8H2,1H3. The van der Waals surface area contributed by atoms with Crippen LogP contribution in [-0.2, 0) is 6.42 Å². The fourth-order valence-electron chi connectivity index (χ4n) is 1.64. The first kappa shape index (κ1) is 12.3. The van der Waals surface area contributed by atoms with Gasteiger partial charge in [-0.05, 0) is 36.2 Å². The highest BCUT2D eigenvalue weighted by atomic mass is 79.9. The van der Waals surface area contributed by atoms with Crippen molar-refractivity contribution in [2.24, 2.45) is 0 Å². The first-order chi connectivity index (χ1) is 8.15. The summed E-state index contributed by atoms with van der Waals surface area (Å²) in [7, 11) is 0. The van der Waals surface area contributed by atoms with Crippen LogP contribution in [0.5, 0.6) is 0 Å². The van der Waals surface area contributed by atoms with Crippen LogP contribution in [0.2, 0.25) is 0 Å². The molecule has 1 heterocycles. The van der Waals surface area contributed by atoms with E-state index >= 15 is 0 Å². The van der Waals surface area contributed by atoms with Crippen LogP contribution in [0.25, 0.3) is 0 Å². The molecule has 0 fully saturated rings. The molecule has 0 radical (unpaired) electrons. The molecule has 0 saturated carbocycles. The first-order valence-electron chi connectivity index (χ1n) is 5.50. The predicted molar refractivity (Wildman–Crippen MR) is 71.8 cm³/mol. The monoisotopic (exact) mass is 291 g/mol. The lowest BCUT2D eigenvalue weighted by Gasteiger charge is -2.10. The topological polar surface area (TPSA) is 33.1 Å².